The number of hydrogen-bond acceptors (Lipinski definition) is 0. The second kappa shape index (κ2) is 8.35. The first-order chi connectivity index (χ1) is 9.24. The van der Waals surface area contributed by atoms with Crippen molar-refractivity contribution in [3.63, 3.8) is 0 Å². The van der Waals surface area contributed by atoms with Crippen molar-refractivity contribution in [1.29, 1.82) is 0 Å². The fourth-order valence-corrected chi connectivity index (χ4v) is 1.99. The van der Waals surface area contributed by atoms with E-state index in [0.717, 1.165) is 24.8 Å². The maximum Gasteiger partial charge on any atom is 0.0285 e. The zero-order valence-corrected chi connectivity index (χ0v) is 15.0. The molecule has 0 saturated heterocycles. The molecule has 0 spiro atoms. The quantitative estimate of drug-likeness (QED) is 0.381. The molecular formula is C20H34. The molecule has 0 aromatic rings. The summed E-state index contributed by atoms with van der Waals surface area (Å²) in [5, 5.41) is 0. The zero-order chi connectivity index (χ0) is 15.8. The van der Waals surface area contributed by atoms with E-state index in [2.05, 4.69) is 79.4 Å². The maximum atomic E-state index is 3.44. The van der Waals surface area contributed by atoms with E-state index in [1.165, 1.54) is 12.0 Å². The van der Waals surface area contributed by atoms with Crippen LogP contribution >= 0.6 is 0 Å². The molecule has 0 heteroatoms. The van der Waals surface area contributed by atoms with E-state index in [9.17, 15) is 0 Å². The summed E-state index contributed by atoms with van der Waals surface area (Å²) in [5.74, 6) is 6.78. The lowest BCUT2D eigenvalue weighted by Gasteiger charge is -2.25. The van der Waals surface area contributed by atoms with E-state index >= 15 is 0 Å². The Morgan fingerprint density at radius 3 is 1.85 bits per heavy atom. The van der Waals surface area contributed by atoms with Crippen molar-refractivity contribution < 1.29 is 0 Å². The minimum atomic E-state index is 0.162. The molecule has 0 N–H and O–H groups in total. The van der Waals surface area contributed by atoms with Gasteiger partial charge in [0.15, 0.2) is 0 Å². The second-order valence-corrected chi connectivity index (χ2v) is 6.65. The lowest BCUT2D eigenvalue weighted by molar-refractivity contribution is 0.416. The van der Waals surface area contributed by atoms with E-state index in [-0.39, 0.29) is 5.41 Å². The van der Waals surface area contributed by atoms with Crippen LogP contribution in [-0.4, -0.2) is 0 Å². The lowest BCUT2D eigenvalue weighted by atomic mass is 9.80. The Kier molecular flexibility index (Phi) is 7.95. The molecule has 0 aromatic carbocycles. The fraction of sp³-hybridized carbons (Fsp3) is 0.700. The summed E-state index contributed by atoms with van der Waals surface area (Å²) in [6.45, 7) is 17.9. The molecule has 0 aliphatic carbocycles. The third-order valence-electron chi connectivity index (χ3n) is 4.79. The van der Waals surface area contributed by atoms with Crippen molar-refractivity contribution >= 4 is 0 Å². The molecule has 0 heterocycles. The van der Waals surface area contributed by atoms with Crippen molar-refractivity contribution in [3.05, 3.63) is 23.3 Å². The summed E-state index contributed by atoms with van der Waals surface area (Å²) in [4.78, 5) is 0. The average molecular weight is 274 g/mol. The molecule has 0 rings (SSSR count). The fourth-order valence-electron chi connectivity index (χ4n) is 1.99. The molecule has 0 aliphatic heterocycles. The highest BCUT2D eigenvalue weighted by atomic mass is 14.2. The summed E-state index contributed by atoms with van der Waals surface area (Å²) in [7, 11) is 0. The van der Waals surface area contributed by atoms with Gasteiger partial charge >= 0.3 is 0 Å². The zero-order valence-electron chi connectivity index (χ0n) is 15.0. The first-order valence-corrected chi connectivity index (χ1v) is 8.15. The van der Waals surface area contributed by atoms with Gasteiger partial charge in [-0.05, 0) is 50.5 Å². The van der Waals surface area contributed by atoms with Gasteiger partial charge in [0, 0.05) is 5.41 Å². The van der Waals surface area contributed by atoms with Crippen molar-refractivity contribution in [2.75, 3.05) is 0 Å². The van der Waals surface area contributed by atoms with Gasteiger partial charge < -0.3 is 0 Å². The van der Waals surface area contributed by atoms with Gasteiger partial charge in [-0.2, -0.15) is 0 Å². The predicted molar refractivity (Wildman–Crippen MR) is 92.7 cm³/mol. The van der Waals surface area contributed by atoms with Crippen LogP contribution in [0.4, 0.5) is 0 Å². The van der Waals surface area contributed by atoms with Crippen LogP contribution < -0.4 is 0 Å². The summed E-state index contributed by atoms with van der Waals surface area (Å²) in [6.07, 6.45) is 8.98. The van der Waals surface area contributed by atoms with E-state index in [1.807, 2.05) is 0 Å². The standard InChI is InChI=1S/C20H34/c1-9-18(19(6,7)10-2)14-13-17(5)15-16-20(8,11-3)12-4/h13-14H,9-12H2,1-8H3. The van der Waals surface area contributed by atoms with Crippen LogP contribution in [0, 0.1) is 22.7 Å². The molecule has 0 atom stereocenters. The van der Waals surface area contributed by atoms with Gasteiger partial charge in [0.05, 0.1) is 0 Å². The van der Waals surface area contributed by atoms with Crippen LogP contribution in [0.25, 0.3) is 0 Å². The van der Waals surface area contributed by atoms with Crippen molar-refractivity contribution in [1.82, 2.24) is 0 Å². The maximum absolute atomic E-state index is 3.44. The molecule has 0 amide bonds. The minimum Gasteiger partial charge on any atom is -0.0917 e. The summed E-state index contributed by atoms with van der Waals surface area (Å²) in [6, 6.07) is 0. The summed E-state index contributed by atoms with van der Waals surface area (Å²) >= 11 is 0. The number of allylic oxidation sites excluding steroid dienone is 4. The van der Waals surface area contributed by atoms with Gasteiger partial charge in [-0.25, -0.2) is 0 Å². The number of hydrogen-bond donors (Lipinski definition) is 0. The molecule has 0 nitrogen and oxygen atoms in total. The van der Waals surface area contributed by atoms with Crippen molar-refractivity contribution in [2.24, 2.45) is 10.8 Å². The molecule has 0 unspecified atom stereocenters. The summed E-state index contributed by atoms with van der Waals surface area (Å²) in [5.41, 5.74) is 3.13. The Balaban J connectivity index is 5.13. The highest BCUT2D eigenvalue weighted by Gasteiger charge is 2.18. The first-order valence-electron chi connectivity index (χ1n) is 8.15. The van der Waals surface area contributed by atoms with E-state index in [0.29, 0.717) is 5.41 Å². The van der Waals surface area contributed by atoms with Crippen LogP contribution in [0.5, 0.6) is 0 Å². The van der Waals surface area contributed by atoms with Crippen LogP contribution in [0.15, 0.2) is 23.3 Å². The van der Waals surface area contributed by atoms with Crippen LogP contribution in [-0.2, 0) is 0 Å². The Morgan fingerprint density at radius 2 is 1.45 bits per heavy atom. The van der Waals surface area contributed by atoms with E-state index in [1.54, 1.807) is 0 Å². The molecule has 0 radical (unpaired) electrons. The van der Waals surface area contributed by atoms with Gasteiger partial charge in [0.25, 0.3) is 0 Å². The predicted octanol–water partition coefficient (Wildman–Crippen LogP) is 6.54. The van der Waals surface area contributed by atoms with E-state index < -0.39 is 0 Å². The van der Waals surface area contributed by atoms with Crippen molar-refractivity contribution in [3.8, 4) is 11.8 Å². The topological polar surface area (TPSA) is 0 Å². The van der Waals surface area contributed by atoms with Crippen LogP contribution in [0.1, 0.15) is 81.1 Å². The molecule has 0 aromatic heterocycles. The number of rotatable bonds is 6. The molecular weight excluding hydrogens is 240 g/mol. The molecule has 0 aliphatic rings. The third-order valence-corrected chi connectivity index (χ3v) is 4.79. The van der Waals surface area contributed by atoms with Crippen molar-refractivity contribution in [2.45, 2.75) is 81.1 Å². The monoisotopic (exact) mass is 274 g/mol. The van der Waals surface area contributed by atoms with Gasteiger partial charge in [0.1, 0.15) is 0 Å². The van der Waals surface area contributed by atoms with Gasteiger partial charge in [-0.1, -0.05) is 71.1 Å². The van der Waals surface area contributed by atoms with Gasteiger partial charge in [-0.15, -0.1) is 0 Å². The third kappa shape index (κ3) is 6.00. The highest BCUT2D eigenvalue weighted by molar-refractivity contribution is 5.33. The normalized spacial score (nSPS) is 14.0. The Hall–Kier alpha value is -0.960. The summed E-state index contributed by atoms with van der Waals surface area (Å²) < 4.78 is 0. The van der Waals surface area contributed by atoms with E-state index in [4.69, 9.17) is 0 Å². The minimum absolute atomic E-state index is 0.162. The van der Waals surface area contributed by atoms with Crippen LogP contribution in [0.2, 0.25) is 0 Å². The van der Waals surface area contributed by atoms with Gasteiger partial charge in [0.2, 0.25) is 0 Å². The smallest absolute Gasteiger partial charge is 0.0285 e. The Morgan fingerprint density at radius 1 is 0.900 bits per heavy atom. The Bertz CT molecular complexity index is 403. The molecule has 0 bridgehead atoms. The largest absolute Gasteiger partial charge is 0.0917 e. The average Bonchev–Trinajstić information content (AvgIpc) is 2.45. The van der Waals surface area contributed by atoms with Gasteiger partial charge in [-0.3, -0.25) is 0 Å². The SMILES string of the molecule is CCC(=CC=C(C)C#CC(C)(CC)CC)C(C)(C)CC. The van der Waals surface area contributed by atoms with Crippen LogP contribution in [0.3, 0.4) is 0 Å². The molecule has 20 heavy (non-hydrogen) atoms. The molecule has 0 saturated carbocycles. The highest BCUT2D eigenvalue weighted by Crippen LogP contribution is 2.32. The lowest BCUT2D eigenvalue weighted by Crippen LogP contribution is -2.12. The first kappa shape index (κ1) is 19.0. The molecule has 0 fully saturated rings. The molecule has 114 valence electrons. The second-order valence-electron chi connectivity index (χ2n) is 6.65. The Labute approximate surface area is 127 Å².